The van der Waals surface area contributed by atoms with E-state index >= 15 is 0 Å². The van der Waals surface area contributed by atoms with E-state index in [0.717, 1.165) is 17.1 Å². The molecule has 1 aromatic carbocycles. The fraction of sp³-hybridized carbons (Fsp3) is 0.529. The summed E-state index contributed by atoms with van der Waals surface area (Å²) in [5.41, 5.74) is -0.118. The zero-order valence-electron chi connectivity index (χ0n) is 14.2. The molecule has 0 saturated carbocycles. The minimum absolute atomic E-state index is 0.304. The summed E-state index contributed by atoms with van der Waals surface area (Å²) < 4.78 is 1.68. The van der Waals surface area contributed by atoms with Crippen LogP contribution in [0.1, 0.15) is 26.3 Å². The number of nitrogens with zero attached hydrogens (tertiary/aromatic N) is 4. The van der Waals surface area contributed by atoms with Gasteiger partial charge in [0.2, 0.25) is 0 Å². The molecule has 5 nitrogen and oxygen atoms in total. The van der Waals surface area contributed by atoms with Crippen LogP contribution in [0.25, 0.3) is 0 Å². The molecule has 0 radical (unpaired) electrons. The van der Waals surface area contributed by atoms with E-state index in [1.165, 1.54) is 6.33 Å². The van der Waals surface area contributed by atoms with E-state index in [4.69, 9.17) is 11.6 Å². The zero-order chi connectivity index (χ0) is 17.1. The number of rotatable bonds is 6. The summed E-state index contributed by atoms with van der Waals surface area (Å²) in [5, 5.41) is 16.1. The molecule has 0 bridgehead atoms. The lowest BCUT2D eigenvalue weighted by molar-refractivity contribution is -0.0918. The highest BCUT2D eigenvalue weighted by Crippen LogP contribution is 2.32. The molecule has 23 heavy (non-hydrogen) atoms. The van der Waals surface area contributed by atoms with Crippen LogP contribution in [-0.2, 0) is 13.1 Å². The van der Waals surface area contributed by atoms with Gasteiger partial charge in [-0.2, -0.15) is 5.10 Å². The maximum absolute atomic E-state index is 11.3. The van der Waals surface area contributed by atoms with Crippen molar-refractivity contribution < 1.29 is 5.11 Å². The van der Waals surface area contributed by atoms with Crippen LogP contribution in [0.4, 0.5) is 0 Å². The fourth-order valence-electron chi connectivity index (χ4n) is 2.56. The molecule has 0 aliphatic heterocycles. The van der Waals surface area contributed by atoms with Crippen molar-refractivity contribution in [1.29, 1.82) is 0 Å². The Balaban J connectivity index is 2.11. The van der Waals surface area contributed by atoms with Gasteiger partial charge in [-0.15, -0.1) is 0 Å². The number of benzene rings is 1. The van der Waals surface area contributed by atoms with Crippen LogP contribution >= 0.6 is 11.6 Å². The normalized spacial score (nSPS) is 14.9. The van der Waals surface area contributed by atoms with Gasteiger partial charge >= 0.3 is 0 Å². The summed E-state index contributed by atoms with van der Waals surface area (Å²) in [6, 6.07) is 7.79. The molecule has 1 atom stereocenters. The summed E-state index contributed by atoms with van der Waals surface area (Å²) >= 11 is 6.04. The first-order valence-corrected chi connectivity index (χ1v) is 8.05. The molecule has 1 unspecified atom stereocenters. The Labute approximate surface area is 142 Å². The van der Waals surface area contributed by atoms with Gasteiger partial charge in [-0.1, -0.05) is 44.5 Å². The van der Waals surface area contributed by atoms with Crippen LogP contribution in [0.15, 0.2) is 36.9 Å². The maximum Gasteiger partial charge on any atom is 0.137 e. The van der Waals surface area contributed by atoms with Gasteiger partial charge in [-0.3, -0.25) is 9.58 Å². The van der Waals surface area contributed by atoms with Gasteiger partial charge < -0.3 is 5.11 Å². The van der Waals surface area contributed by atoms with Crippen molar-refractivity contribution in [2.24, 2.45) is 5.41 Å². The quantitative estimate of drug-likeness (QED) is 0.881. The maximum atomic E-state index is 11.3. The molecule has 0 aliphatic rings. The van der Waals surface area contributed by atoms with Gasteiger partial charge in [0.15, 0.2) is 0 Å². The Hall–Kier alpha value is -1.43. The monoisotopic (exact) mass is 336 g/mol. The van der Waals surface area contributed by atoms with Gasteiger partial charge in [0.05, 0.1) is 6.54 Å². The molecule has 2 rings (SSSR count). The Bertz CT molecular complexity index is 624. The topological polar surface area (TPSA) is 54.2 Å². The summed E-state index contributed by atoms with van der Waals surface area (Å²) in [6.07, 6.45) is 3.12. The van der Waals surface area contributed by atoms with Crippen LogP contribution in [0, 0.1) is 5.41 Å². The van der Waals surface area contributed by atoms with E-state index in [9.17, 15) is 5.11 Å². The van der Waals surface area contributed by atoms with Crippen molar-refractivity contribution in [3.05, 3.63) is 47.5 Å². The number of aromatic nitrogens is 3. The van der Waals surface area contributed by atoms with Crippen molar-refractivity contribution in [3.63, 3.8) is 0 Å². The van der Waals surface area contributed by atoms with Crippen molar-refractivity contribution in [1.82, 2.24) is 19.7 Å². The number of hydrogen-bond donors (Lipinski definition) is 1. The SMILES string of the molecule is CN(Cc1cccc(Cl)c1)CC(O)(Cn1cncn1)C(C)(C)C. The van der Waals surface area contributed by atoms with E-state index in [1.54, 1.807) is 11.0 Å². The minimum Gasteiger partial charge on any atom is -0.386 e. The van der Waals surface area contributed by atoms with E-state index in [0.29, 0.717) is 13.1 Å². The summed E-state index contributed by atoms with van der Waals surface area (Å²) in [6.45, 7) is 7.75. The van der Waals surface area contributed by atoms with Gasteiger partial charge in [0.25, 0.3) is 0 Å². The predicted molar refractivity (Wildman–Crippen MR) is 92.2 cm³/mol. The highest BCUT2D eigenvalue weighted by Gasteiger charge is 2.41. The first kappa shape index (κ1) is 17.9. The highest BCUT2D eigenvalue weighted by atomic mass is 35.5. The average molecular weight is 337 g/mol. The van der Waals surface area contributed by atoms with Crippen LogP contribution in [0.2, 0.25) is 5.02 Å². The molecule has 0 spiro atoms. The molecule has 1 N–H and O–H groups in total. The summed E-state index contributed by atoms with van der Waals surface area (Å²) in [7, 11) is 2.00. The molecule has 0 saturated heterocycles. The van der Waals surface area contributed by atoms with E-state index in [-0.39, 0.29) is 5.41 Å². The highest BCUT2D eigenvalue weighted by molar-refractivity contribution is 6.30. The molecule has 1 aromatic heterocycles. The Kier molecular flexibility index (Phi) is 5.45. The van der Waals surface area contributed by atoms with Crippen molar-refractivity contribution >= 4 is 11.6 Å². The summed E-state index contributed by atoms with van der Waals surface area (Å²) in [4.78, 5) is 6.06. The van der Waals surface area contributed by atoms with Gasteiger partial charge in [-0.25, -0.2) is 4.98 Å². The van der Waals surface area contributed by atoms with E-state index < -0.39 is 5.60 Å². The third-order valence-electron chi connectivity index (χ3n) is 4.16. The minimum atomic E-state index is -0.936. The zero-order valence-corrected chi connectivity index (χ0v) is 15.0. The molecule has 6 heteroatoms. The lowest BCUT2D eigenvalue weighted by Gasteiger charge is -2.42. The first-order chi connectivity index (χ1) is 10.7. The van der Waals surface area contributed by atoms with E-state index in [2.05, 4.69) is 15.0 Å². The molecule has 1 heterocycles. The number of likely N-dealkylation sites (N-methyl/N-ethyl adjacent to an activating group) is 1. The predicted octanol–water partition coefficient (Wildman–Crippen LogP) is 2.84. The third-order valence-corrected chi connectivity index (χ3v) is 4.39. The average Bonchev–Trinajstić information content (AvgIpc) is 2.89. The first-order valence-electron chi connectivity index (χ1n) is 7.67. The molecular weight excluding hydrogens is 312 g/mol. The second kappa shape index (κ2) is 6.99. The van der Waals surface area contributed by atoms with Crippen LogP contribution in [-0.4, -0.2) is 44.0 Å². The van der Waals surface area contributed by atoms with Crippen LogP contribution < -0.4 is 0 Å². The third kappa shape index (κ3) is 4.77. The van der Waals surface area contributed by atoms with Crippen molar-refractivity contribution in [3.8, 4) is 0 Å². The standard InChI is InChI=1S/C17H25ClN4O/c1-16(2,3)17(23,11-22-13-19-12-20-22)10-21(4)9-14-6-5-7-15(18)8-14/h5-8,12-13,23H,9-11H2,1-4H3. The van der Waals surface area contributed by atoms with Crippen LogP contribution in [0.5, 0.6) is 0 Å². The smallest absolute Gasteiger partial charge is 0.137 e. The number of hydrogen-bond acceptors (Lipinski definition) is 4. The number of halogens is 1. The fourth-order valence-corrected chi connectivity index (χ4v) is 2.77. The Morgan fingerprint density at radius 3 is 2.61 bits per heavy atom. The molecule has 0 amide bonds. The Morgan fingerprint density at radius 1 is 1.30 bits per heavy atom. The van der Waals surface area contributed by atoms with Gasteiger partial charge in [0, 0.05) is 18.1 Å². The van der Waals surface area contributed by atoms with Gasteiger partial charge in [0.1, 0.15) is 18.3 Å². The van der Waals surface area contributed by atoms with E-state index in [1.807, 2.05) is 52.1 Å². The molecule has 2 aromatic rings. The van der Waals surface area contributed by atoms with Crippen LogP contribution in [0.3, 0.4) is 0 Å². The van der Waals surface area contributed by atoms with Crippen molar-refractivity contribution in [2.45, 2.75) is 39.5 Å². The molecule has 0 fully saturated rings. The van der Waals surface area contributed by atoms with Crippen molar-refractivity contribution in [2.75, 3.05) is 13.6 Å². The molecule has 126 valence electrons. The second-order valence-corrected chi connectivity index (χ2v) is 7.61. The second-order valence-electron chi connectivity index (χ2n) is 7.18. The lowest BCUT2D eigenvalue weighted by atomic mass is 9.76. The van der Waals surface area contributed by atoms with Gasteiger partial charge in [-0.05, 0) is 30.2 Å². The number of aliphatic hydroxyl groups is 1. The summed E-state index contributed by atoms with van der Waals surface area (Å²) in [5.74, 6) is 0. The largest absolute Gasteiger partial charge is 0.386 e. The lowest BCUT2D eigenvalue weighted by Crippen LogP contribution is -2.53. The molecular formula is C17H25ClN4O. The molecule has 0 aliphatic carbocycles. The Morgan fingerprint density at radius 2 is 2.04 bits per heavy atom.